The molecule has 0 saturated carbocycles. The van der Waals surface area contributed by atoms with Crippen molar-refractivity contribution < 1.29 is 23.5 Å². The van der Waals surface area contributed by atoms with Crippen LogP contribution in [0.5, 0.6) is 0 Å². The first-order valence-corrected chi connectivity index (χ1v) is 8.66. The number of hydrogen-bond acceptors (Lipinski definition) is 6. The Labute approximate surface area is 153 Å². The number of likely N-dealkylation sites (N-methyl/N-ethyl adjacent to an activating group) is 1. The van der Waals surface area contributed by atoms with Crippen molar-refractivity contribution in [1.82, 2.24) is 15.6 Å². The van der Waals surface area contributed by atoms with Gasteiger partial charge in [-0.15, -0.1) is 11.3 Å². The first kappa shape index (κ1) is 19.5. The van der Waals surface area contributed by atoms with Crippen LogP contribution < -0.4 is 10.6 Å². The first-order valence-electron chi connectivity index (χ1n) is 7.84. The number of nitrogens with one attached hydrogen (secondary N) is 2. The van der Waals surface area contributed by atoms with E-state index in [1.807, 2.05) is 0 Å². The molecule has 0 radical (unpaired) electrons. The summed E-state index contributed by atoms with van der Waals surface area (Å²) >= 11 is 1.10. The fourth-order valence-corrected chi connectivity index (χ4v) is 2.95. The van der Waals surface area contributed by atoms with Crippen molar-refractivity contribution in [3.05, 3.63) is 40.7 Å². The van der Waals surface area contributed by atoms with E-state index in [0.717, 1.165) is 11.3 Å². The predicted molar refractivity (Wildman–Crippen MR) is 94.2 cm³/mol. The van der Waals surface area contributed by atoms with Gasteiger partial charge in [0.1, 0.15) is 15.7 Å². The van der Waals surface area contributed by atoms with Crippen LogP contribution in [0.2, 0.25) is 0 Å². The number of carbonyl (C=O) groups excluding carboxylic acids is 3. The van der Waals surface area contributed by atoms with Gasteiger partial charge in [0.2, 0.25) is 5.91 Å². The third kappa shape index (κ3) is 5.35. The summed E-state index contributed by atoms with van der Waals surface area (Å²) < 4.78 is 18.0. The van der Waals surface area contributed by atoms with Gasteiger partial charge < -0.3 is 15.4 Å². The number of amides is 2. The van der Waals surface area contributed by atoms with E-state index in [0.29, 0.717) is 22.8 Å². The molecule has 2 N–H and O–H groups in total. The number of nitrogens with zero attached hydrogens (tertiary/aromatic N) is 1. The summed E-state index contributed by atoms with van der Waals surface area (Å²) in [5.74, 6) is -1.94. The molecule has 0 bridgehead atoms. The molecule has 0 aliphatic heterocycles. The number of halogens is 1. The van der Waals surface area contributed by atoms with Gasteiger partial charge in [-0.3, -0.25) is 9.59 Å². The number of aryl methyl sites for hydroxylation is 1. The minimum atomic E-state index is -0.679. The molecule has 0 aliphatic rings. The monoisotopic (exact) mass is 379 g/mol. The van der Waals surface area contributed by atoms with Crippen molar-refractivity contribution >= 4 is 29.1 Å². The van der Waals surface area contributed by atoms with Crippen LogP contribution in [0.25, 0.3) is 10.6 Å². The largest absolute Gasteiger partial charge is 0.451 e. The number of rotatable bonds is 7. The summed E-state index contributed by atoms with van der Waals surface area (Å²) in [6.45, 7) is 3.19. The van der Waals surface area contributed by atoms with Gasteiger partial charge >= 0.3 is 5.97 Å². The third-order valence-electron chi connectivity index (χ3n) is 3.23. The van der Waals surface area contributed by atoms with Crippen molar-refractivity contribution in [1.29, 1.82) is 0 Å². The molecule has 0 fully saturated rings. The highest BCUT2D eigenvalue weighted by atomic mass is 32.1. The second kappa shape index (κ2) is 9.04. The number of aromatic nitrogens is 1. The Hall–Kier alpha value is -2.81. The smallest absolute Gasteiger partial charge is 0.350 e. The molecule has 7 nitrogen and oxygen atoms in total. The Morgan fingerprint density at radius 3 is 2.50 bits per heavy atom. The van der Waals surface area contributed by atoms with E-state index in [-0.39, 0.29) is 23.1 Å². The van der Waals surface area contributed by atoms with E-state index in [1.54, 1.807) is 26.0 Å². The predicted octanol–water partition coefficient (Wildman–Crippen LogP) is 1.67. The molecule has 1 heterocycles. The van der Waals surface area contributed by atoms with Gasteiger partial charge in [0.25, 0.3) is 5.91 Å². The average molecular weight is 379 g/mol. The van der Waals surface area contributed by atoms with Crippen molar-refractivity contribution in [3.63, 3.8) is 0 Å². The van der Waals surface area contributed by atoms with Crippen LogP contribution in [0.1, 0.15) is 22.3 Å². The summed E-state index contributed by atoms with van der Waals surface area (Å²) in [6, 6.07) is 5.75. The zero-order valence-electron chi connectivity index (χ0n) is 14.3. The van der Waals surface area contributed by atoms with Crippen LogP contribution in [0.15, 0.2) is 24.3 Å². The van der Waals surface area contributed by atoms with Crippen LogP contribution in [0.4, 0.5) is 4.39 Å². The average Bonchev–Trinajstić information content (AvgIpc) is 3.00. The number of benzene rings is 1. The van der Waals surface area contributed by atoms with Crippen LogP contribution in [0.3, 0.4) is 0 Å². The fourth-order valence-electron chi connectivity index (χ4n) is 1.99. The molecule has 9 heteroatoms. The zero-order valence-corrected chi connectivity index (χ0v) is 15.1. The van der Waals surface area contributed by atoms with E-state index in [1.165, 1.54) is 12.1 Å². The maximum atomic E-state index is 13.0. The maximum Gasteiger partial charge on any atom is 0.350 e. The van der Waals surface area contributed by atoms with E-state index < -0.39 is 18.5 Å². The second-order valence-electron chi connectivity index (χ2n) is 5.25. The SMILES string of the molecule is CCNC(=O)CNC(=O)COC(=O)c1sc(-c2ccc(F)cc2)nc1C. The van der Waals surface area contributed by atoms with E-state index in [9.17, 15) is 18.8 Å². The Morgan fingerprint density at radius 2 is 1.85 bits per heavy atom. The molecule has 1 aromatic heterocycles. The number of thiazole rings is 1. The fraction of sp³-hybridized carbons (Fsp3) is 0.294. The molecular formula is C17H18FN3O4S. The number of carbonyl (C=O) groups is 3. The normalized spacial score (nSPS) is 10.3. The highest BCUT2D eigenvalue weighted by molar-refractivity contribution is 7.17. The Morgan fingerprint density at radius 1 is 1.15 bits per heavy atom. The van der Waals surface area contributed by atoms with Crippen LogP contribution in [-0.4, -0.2) is 42.5 Å². The van der Waals surface area contributed by atoms with Crippen molar-refractivity contribution in [3.8, 4) is 10.6 Å². The van der Waals surface area contributed by atoms with Crippen molar-refractivity contribution in [2.45, 2.75) is 13.8 Å². The van der Waals surface area contributed by atoms with Gasteiger partial charge in [-0.1, -0.05) is 0 Å². The lowest BCUT2D eigenvalue weighted by molar-refractivity contribution is -0.127. The van der Waals surface area contributed by atoms with Crippen LogP contribution >= 0.6 is 11.3 Å². The number of hydrogen-bond donors (Lipinski definition) is 2. The molecule has 138 valence electrons. The van der Waals surface area contributed by atoms with Crippen molar-refractivity contribution in [2.24, 2.45) is 0 Å². The lowest BCUT2D eigenvalue weighted by Gasteiger charge is -2.06. The standard InChI is InChI=1S/C17H18FN3O4S/c1-3-19-13(22)8-20-14(23)9-25-17(24)15-10(2)21-16(26-15)11-4-6-12(18)7-5-11/h4-7H,3,8-9H2,1-2H3,(H,19,22)(H,20,23). The summed E-state index contributed by atoms with van der Waals surface area (Å²) in [6.07, 6.45) is 0. The van der Waals surface area contributed by atoms with Gasteiger partial charge in [-0.25, -0.2) is 14.2 Å². The molecular weight excluding hydrogens is 361 g/mol. The molecule has 0 spiro atoms. The lowest BCUT2D eigenvalue weighted by Crippen LogP contribution is -2.38. The molecule has 1 aromatic carbocycles. The van der Waals surface area contributed by atoms with E-state index in [2.05, 4.69) is 15.6 Å². The number of esters is 1. The molecule has 26 heavy (non-hydrogen) atoms. The van der Waals surface area contributed by atoms with E-state index in [4.69, 9.17) is 4.74 Å². The summed E-state index contributed by atoms with van der Waals surface area (Å²) in [5.41, 5.74) is 1.14. The van der Waals surface area contributed by atoms with Gasteiger partial charge in [-0.05, 0) is 38.1 Å². The lowest BCUT2D eigenvalue weighted by atomic mass is 10.2. The molecule has 0 saturated heterocycles. The summed E-state index contributed by atoms with van der Waals surface area (Å²) in [7, 11) is 0. The molecule has 2 aromatic rings. The molecule has 2 amide bonds. The Bertz CT molecular complexity index is 805. The highest BCUT2D eigenvalue weighted by Gasteiger charge is 2.19. The van der Waals surface area contributed by atoms with Gasteiger partial charge in [0, 0.05) is 12.1 Å². The molecule has 0 aliphatic carbocycles. The molecule has 0 atom stereocenters. The van der Waals surface area contributed by atoms with Gasteiger partial charge in [0.05, 0.1) is 12.2 Å². The van der Waals surface area contributed by atoms with E-state index >= 15 is 0 Å². The first-order chi connectivity index (χ1) is 12.4. The van der Waals surface area contributed by atoms with Gasteiger partial charge in [-0.2, -0.15) is 0 Å². The zero-order chi connectivity index (χ0) is 19.1. The molecule has 0 unspecified atom stereocenters. The third-order valence-corrected chi connectivity index (χ3v) is 4.41. The molecule has 2 rings (SSSR count). The highest BCUT2D eigenvalue weighted by Crippen LogP contribution is 2.28. The number of ether oxygens (including phenoxy) is 1. The summed E-state index contributed by atoms with van der Waals surface area (Å²) in [5, 5.41) is 5.43. The Kier molecular flexibility index (Phi) is 6.79. The van der Waals surface area contributed by atoms with Crippen molar-refractivity contribution in [2.75, 3.05) is 19.7 Å². The topological polar surface area (TPSA) is 97.4 Å². The summed E-state index contributed by atoms with van der Waals surface area (Å²) in [4.78, 5) is 39.5. The van der Waals surface area contributed by atoms with Gasteiger partial charge in [0.15, 0.2) is 6.61 Å². The maximum absolute atomic E-state index is 13.0. The quantitative estimate of drug-likeness (QED) is 0.713. The second-order valence-corrected chi connectivity index (χ2v) is 6.25. The Balaban J connectivity index is 1.92. The van der Waals surface area contributed by atoms with Crippen LogP contribution in [-0.2, 0) is 14.3 Å². The minimum absolute atomic E-state index is 0.182. The van der Waals surface area contributed by atoms with Crippen LogP contribution in [0, 0.1) is 12.7 Å². The minimum Gasteiger partial charge on any atom is -0.451 e.